The summed E-state index contributed by atoms with van der Waals surface area (Å²) in [5.74, 6) is 0.305. The lowest BCUT2D eigenvalue weighted by molar-refractivity contribution is 0.340. The molecule has 2 rings (SSSR count). The van der Waals surface area contributed by atoms with Crippen LogP contribution in [0.1, 0.15) is 32.6 Å². The summed E-state index contributed by atoms with van der Waals surface area (Å²) in [5.41, 5.74) is 0. The first-order valence-corrected chi connectivity index (χ1v) is 11.2. The highest BCUT2D eigenvalue weighted by atomic mass is 32.2. The van der Waals surface area contributed by atoms with Crippen molar-refractivity contribution in [2.24, 2.45) is 0 Å². The molecule has 1 aromatic rings. The standard InChI is InChI=1S/C15H24N2O5S2/c1-2-22-14-7-9-15(10-8-14)24(20,21)16-11-12-23(18,19)17-13-5-3-4-6-13/h7-10,13,16-17H,2-6,11-12H2,1H3. The fourth-order valence-electron chi connectivity index (χ4n) is 2.63. The first-order valence-electron chi connectivity index (χ1n) is 8.05. The van der Waals surface area contributed by atoms with Gasteiger partial charge in [0.2, 0.25) is 20.0 Å². The van der Waals surface area contributed by atoms with Gasteiger partial charge < -0.3 is 4.74 Å². The number of ether oxygens (including phenoxy) is 1. The Bertz CT molecular complexity index is 724. The van der Waals surface area contributed by atoms with E-state index in [1.165, 1.54) is 12.1 Å². The van der Waals surface area contributed by atoms with E-state index in [-0.39, 0.29) is 23.2 Å². The molecule has 0 aliphatic heterocycles. The number of hydrogen-bond acceptors (Lipinski definition) is 5. The van der Waals surface area contributed by atoms with Crippen molar-refractivity contribution in [2.45, 2.75) is 43.5 Å². The predicted molar refractivity (Wildman–Crippen MR) is 92.0 cm³/mol. The maximum atomic E-state index is 12.2. The van der Waals surface area contributed by atoms with Gasteiger partial charge in [-0.25, -0.2) is 26.3 Å². The summed E-state index contributed by atoms with van der Waals surface area (Å²) in [6.07, 6.45) is 3.74. The van der Waals surface area contributed by atoms with Crippen molar-refractivity contribution in [1.82, 2.24) is 9.44 Å². The molecule has 0 unspecified atom stereocenters. The normalized spacial score (nSPS) is 16.4. The first kappa shape index (κ1) is 19.2. The van der Waals surface area contributed by atoms with E-state index in [1.54, 1.807) is 12.1 Å². The maximum absolute atomic E-state index is 12.2. The third-order valence-electron chi connectivity index (χ3n) is 3.81. The molecule has 0 heterocycles. The van der Waals surface area contributed by atoms with Crippen LogP contribution in [-0.2, 0) is 20.0 Å². The molecule has 136 valence electrons. The van der Waals surface area contributed by atoms with Crippen molar-refractivity contribution in [2.75, 3.05) is 18.9 Å². The van der Waals surface area contributed by atoms with Crippen LogP contribution in [0.25, 0.3) is 0 Å². The Hall–Kier alpha value is -1.16. The summed E-state index contributed by atoms with van der Waals surface area (Å²) in [5, 5.41) is 0. The Morgan fingerprint density at radius 3 is 2.29 bits per heavy atom. The van der Waals surface area contributed by atoms with E-state index in [0.29, 0.717) is 12.4 Å². The van der Waals surface area contributed by atoms with Crippen LogP contribution in [0, 0.1) is 0 Å². The highest BCUT2D eigenvalue weighted by molar-refractivity contribution is 7.90. The quantitative estimate of drug-likeness (QED) is 0.675. The number of hydrogen-bond donors (Lipinski definition) is 2. The van der Waals surface area contributed by atoms with Gasteiger partial charge >= 0.3 is 0 Å². The second kappa shape index (κ2) is 8.28. The minimum atomic E-state index is -3.74. The molecule has 7 nitrogen and oxygen atoms in total. The average molecular weight is 377 g/mol. The molecule has 1 aliphatic carbocycles. The van der Waals surface area contributed by atoms with Crippen LogP contribution >= 0.6 is 0 Å². The molecule has 1 aromatic carbocycles. The van der Waals surface area contributed by atoms with Crippen LogP contribution < -0.4 is 14.2 Å². The van der Waals surface area contributed by atoms with Crippen LogP contribution in [0.2, 0.25) is 0 Å². The predicted octanol–water partition coefficient (Wildman–Crippen LogP) is 1.23. The van der Waals surface area contributed by atoms with Gasteiger partial charge in [-0.2, -0.15) is 0 Å². The van der Waals surface area contributed by atoms with E-state index in [4.69, 9.17) is 4.74 Å². The van der Waals surface area contributed by atoms with Crippen LogP contribution in [0.5, 0.6) is 5.75 Å². The fourth-order valence-corrected chi connectivity index (χ4v) is 5.03. The lowest BCUT2D eigenvalue weighted by atomic mass is 10.3. The highest BCUT2D eigenvalue weighted by Crippen LogP contribution is 2.18. The van der Waals surface area contributed by atoms with Gasteiger partial charge in [-0.1, -0.05) is 12.8 Å². The van der Waals surface area contributed by atoms with E-state index in [9.17, 15) is 16.8 Å². The molecule has 24 heavy (non-hydrogen) atoms. The van der Waals surface area contributed by atoms with Gasteiger partial charge in [0.05, 0.1) is 17.3 Å². The van der Waals surface area contributed by atoms with Crippen molar-refractivity contribution in [3.05, 3.63) is 24.3 Å². The molecule has 2 N–H and O–H groups in total. The van der Waals surface area contributed by atoms with E-state index in [0.717, 1.165) is 25.7 Å². The summed E-state index contributed by atoms with van der Waals surface area (Å²) in [6.45, 7) is 2.17. The highest BCUT2D eigenvalue weighted by Gasteiger charge is 2.22. The van der Waals surface area contributed by atoms with Crippen LogP contribution in [0.3, 0.4) is 0 Å². The SMILES string of the molecule is CCOc1ccc(S(=O)(=O)NCCS(=O)(=O)NC2CCCC2)cc1. The minimum Gasteiger partial charge on any atom is -0.494 e. The molecule has 1 saturated carbocycles. The molecule has 0 radical (unpaired) electrons. The van der Waals surface area contributed by atoms with Crippen LogP contribution in [-0.4, -0.2) is 41.8 Å². The topological polar surface area (TPSA) is 102 Å². The Kier molecular flexibility index (Phi) is 6.62. The summed E-state index contributed by atoms with van der Waals surface area (Å²) in [7, 11) is -7.22. The summed E-state index contributed by atoms with van der Waals surface area (Å²) >= 11 is 0. The fraction of sp³-hybridized carbons (Fsp3) is 0.600. The lowest BCUT2D eigenvalue weighted by Gasteiger charge is -2.13. The van der Waals surface area contributed by atoms with Crippen molar-refractivity contribution >= 4 is 20.0 Å². The maximum Gasteiger partial charge on any atom is 0.240 e. The zero-order valence-corrected chi connectivity index (χ0v) is 15.3. The minimum absolute atomic E-state index is 0.0160. The van der Waals surface area contributed by atoms with Gasteiger partial charge in [0.25, 0.3) is 0 Å². The average Bonchev–Trinajstić information content (AvgIpc) is 3.00. The molecule has 1 aliphatic rings. The number of sulfonamides is 2. The Morgan fingerprint density at radius 2 is 1.71 bits per heavy atom. The third kappa shape index (κ3) is 5.73. The molecule has 0 atom stereocenters. The molecule has 9 heteroatoms. The van der Waals surface area contributed by atoms with Gasteiger partial charge in [0, 0.05) is 12.6 Å². The van der Waals surface area contributed by atoms with Gasteiger partial charge in [0.15, 0.2) is 0 Å². The molecule has 0 bridgehead atoms. The molecule has 0 aromatic heterocycles. The van der Waals surface area contributed by atoms with Crippen molar-refractivity contribution in [3.63, 3.8) is 0 Å². The number of rotatable bonds is 9. The van der Waals surface area contributed by atoms with Crippen molar-refractivity contribution < 1.29 is 21.6 Å². The first-order chi connectivity index (χ1) is 11.3. The molecular formula is C15H24N2O5S2. The third-order valence-corrected chi connectivity index (χ3v) is 6.72. The van der Waals surface area contributed by atoms with Gasteiger partial charge in [0.1, 0.15) is 5.75 Å². The Balaban J connectivity index is 1.87. The smallest absolute Gasteiger partial charge is 0.240 e. The van der Waals surface area contributed by atoms with Gasteiger partial charge in [-0.05, 0) is 44.0 Å². The van der Waals surface area contributed by atoms with E-state index in [1.807, 2.05) is 6.92 Å². The Morgan fingerprint density at radius 1 is 1.08 bits per heavy atom. The van der Waals surface area contributed by atoms with E-state index in [2.05, 4.69) is 9.44 Å². The second-order valence-electron chi connectivity index (χ2n) is 5.72. The molecule has 0 saturated heterocycles. The monoisotopic (exact) mass is 376 g/mol. The zero-order valence-electron chi connectivity index (χ0n) is 13.7. The Labute approximate surface area is 143 Å². The van der Waals surface area contributed by atoms with E-state index < -0.39 is 20.0 Å². The largest absolute Gasteiger partial charge is 0.494 e. The molecule has 1 fully saturated rings. The number of benzene rings is 1. The molecule has 0 spiro atoms. The summed E-state index contributed by atoms with van der Waals surface area (Å²) < 4.78 is 58.5. The van der Waals surface area contributed by atoms with Gasteiger partial charge in [-0.3, -0.25) is 0 Å². The lowest BCUT2D eigenvalue weighted by Crippen LogP contribution is -2.38. The summed E-state index contributed by atoms with van der Waals surface area (Å²) in [6, 6.07) is 5.97. The van der Waals surface area contributed by atoms with Gasteiger partial charge in [-0.15, -0.1) is 0 Å². The van der Waals surface area contributed by atoms with Crippen LogP contribution in [0.15, 0.2) is 29.2 Å². The van der Waals surface area contributed by atoms with E-state index >= 15 is 0 Å². The van der Waals surface area contributed by atoms with Crippen molar-refractivity contribution in [1.29, 1.82) is 0 Å². The summed E-state index contributed by atoms with van der Waals surface area (Å²) in [4.78, 5) is 0.0760. The zero-order chi connectivity index (χ0) is 17.6. The van der Waals surface area contributed by atoms with Crippen LogP contribution in [0.4, 0.5) is 0 Å². The molecular weight excluding hydrogens is 352 g/mol. The molecule has 0 amide bonds. The second-order valence-corrected chi connectivity index (χ2v) is 9.36. The van der Waals surface area contributed by atoms with Crippen molar-refractivity contribution in [3.8, 4) is 5.75 Å². The number of nitrogens with one attached hydrogen (secondary N) is 2.